The van der Waals surface area contributed by atoms with E-state index in [1.54, 1.807) is 13.8 Å². The molecule has 0 spiro atoms. The molecule has 2 rings (SSSR count). The number of halogens is 3. The first-order chi connectivity index (χ1) is 11.2. The van der Waals surface area contributed by atoms with Gasteiger partial charge in [0.2, 0.25) is 5.91 Å². The van der Waals surface area contributed by atoms with Crippen LogP contribution in [-0.4, -0.2) is 39.9 Å². The van der Waals surface area contributed by atoms with E-state index in [1.165, 1.54) is 0 Å². The molecule has 1 atom stereocenters. The Labute approximate surface area is 136 Å². The van der Waals surface area contributed by atoms with E-state index in [-0.39, 0.29) is 18.5 Å². The molecule has 130 valence electrons. The van der Waals surface area contributed by atoms with Crippen LogP contribution in [0.5, 0.6) is 0 Å². The van der Waals surface area contributed by atoms with E-state index in [1.807, 2.05) is 6.07 Å². The standard InChI is InChI=1S/C15H17F3N4O2/c1-3-9-10(7-19)13(23)22(20-11(9)4-2)12-5-6-21(14(12)24)8-15(16,17)18/h12H,3-6,8H2,1-2H3/t12-/m1/s1. The van der Waals surface area contributed by atoms with E-state index in [4.69, 9.17) is 0 Å². The highest BCUT2D eigenvalue weighted by molar-refractivity contribution is 5.82. The number of carbonyl (C=O) groups is 1. The minimum Gasteiger partial charge on any atom is -0.332 e. The van der Waals surface area contributed by atoms with Gasteiger partial charge in [-0.3, -0.25) is 9.59 Å². The van der Waals surface area contributed by atoms with E-state index in [2.05, 4.69) is 5.10 Å². The maximum absolute atomic E-state index is 12.5. The van der Waals surface area contributed by atoms with Gasteiger partial charge in [-0.15, -0.1) is 0 Å². The van der Waals surface area contributed by atoms with Crippen molar-refractivity contribution < 1.29 is 18.0 Å². The first-order valence-electron chi connectivity index (χ1n) is 7.63. The molecular weight excluding hydrogens is 325 g/mol. The highest BCUT2D eigenvalue weighted by Gasteiger charge is 2.41. The lowest BCUT2D eigenvalue weighted by molar-refractivity contribution is -0.158. The van der Waals surface area contributed by atoms with Gasteiger partial charge < -0.3 is 4.90 Å². The molecule has 1 aliphatic rings. The predicted molar refractivity (Wildman–Crippen MR) is 78.3 cm³/mol. The molecule has 0 bridgehead atoms. The van der Waals surface area contributed by atoms with Gasteiger partial charge in [0.05, 0.1) is 5.69 Å². The number of likely N-dealkylation sites (tertiary alicyclic amines) is 1. The SMILES string of the molecule is CCc1nn([C@@H]2CCN(CC(F)(F)F)C2=O)c(=O)c(C#N)c1CC. The van der Waals surface area contributed by atoms with E-state index >= 15 is 0 Å². The first kappa shape index (κ1) is 18.0. The van der Waals surface area contributed by atoms with Gasteiger partial charge in [0.1, 0.15) is 24.2 Å². The van der Waals surface area contributed by atoms with Crippen LogP contribution in [-0.2, 0) is 17.6 Å². The van der Waals surface area contributed by atoms with Crippen molar-refractivity contribution in [2.75, 3.05) is 13.1 Å². The number of aromatic nitrogens is 2. The summed E-state index contributed by atoms with van der Waals surface area (Å²) in [6.45, 7) is 2.13. The van der Waals surface area contributed by atoms with Gasteiger partial charge in [-0.2, -0.15) is 23.5 Å². The van der Waals surface area contributed by atoms with E-state index < -0.39 is 30.2 Å². The highest BCUT2D eigenvalue weighted by Crippen LogP contribution is 2.26. The van der Waals surface area contributed by atoms with Gasteiger partial charge >= 0.3 is 6.18 Å². The monoisotopic (exact) mass is 342 g/mol. The summed E-state index contributed by atoms with van der Waals surface area (Å²) < 4.78 is 38.4. The molecular formula is C15H17F3N4O2. The Morgan fingerprint density at radius 1 is 1.29 bits per heavy atom. The number of amides is 1. The zero-order chi connectivity index (χ0) is 18.1. The summed E-state index contributed by atoms with van der Waals surface area (Å²) >= 11 is 0. The van der Waals surface area contributed by atoms with Crippen molar-refractivity contribution >= 4 is 5.91 Å². The lowest BCUT2D eigenvalue weighted by atomic mass is 10.0. The fourth-order valence-corrected chi connectivity index (χ4v) is 2.94. The third-order valence-electron chi connectivity index (χ3n) is 4.04. The summed E-state index contributed by atoms with van der Waals surface area (Å²) in [5.74, 6) is -0.794. The number of nitrogens with zero attached hydrogens (tertiary/aromatic N) is 4. The average Bonchev–Trinajstić information content (AvgIpc) is 2.85. The molecule has 1 fully saturated rings. The number of alkyl halides is 3. The van der Waals surface area contributed by atoms with Crippen LogP contribution < -0.4 is 5.56 Å². The molecule has 0 saturated carbocycles. The molecule has 1 aromatic heterocycles. The molecule has 1 aliphatic heterocycles. The van der Waals surface area contributed by atoms with Crippen molar-refractivity contribution in [3.8, 4) is 6.07 Å². The van der Waals surface area contributed by atoms with Crippen molar-refractivity contribution in [3.05, 3.63) is 27.2 Å². The fraction of sp³-hybridized carbons (Fsp3) is 0.600. The van der Waals surface area contributed by atoms with E-state index in [9.17, 15) is 28.0 Å². The van der Waals surface area contributed by atoms with Crippen LogP contribution in [0, 0.1) is 11.3 Å². The van der Waals surface area contributed by atoms with E-state index in [0.29, 0.717) is 29.0 Å². The van der Waals surface area contributed by atoms with Gasteiger partial charge in [0.25, 0.3) is 5.56 Å². The number of aryl methyl sites for hydroxylation is 1. The molecule has 0 aliphatic carbocycles. The number of hydrogen-bond donors (Lipinski definition) is 0. The molecule has 0 radical (unpaired) electrons. The third-order valence-corrected chi connectivity index (χ3v) is 4.04. The lowest BCUT2D eigenvalue weighted by Gasteiger charge is -2.19. The molecule has 0 aromatic carbocycles. The second-order valence-electron chi connectivity index (χ2n) is 5.55. The van der Waals surface area contributed by atoms with Crippen molar-refractivity contribution in [2.45, 2.75) is 45.3 Å². The van der Waals surface area contributed by atoms with Crippen molar-refractivity contribution in [2.24, 2.45) is 0 Å². The smallest absolute Gasteiger partial charge is 0.332 e. The Hall–Kier alpha value is -2.37. The van der Waals surface area contributed by atoms with Crippen molar-refractivity contribution in [3.63, 3.8) is 0 Å². The summed E-state index contributed by atoms with van der Waals surface area (Å²) in [7, 11) is 0. The minimum absolute atomic E-state index is 0.0569. The zero-order valence-corrected chi connectivity index (χ0v) is 13.4. The number of nitriles is 1. The number of hydrogen-bond acceptors (Lipinski definition) is 4. The lowest BCUT2D eigenvalue weighted by Crippen LogP contribution is -2.39. The number of rotatable bonds is 4. The van der Waals surface area contributed by atoms with Crippen LogP contribution in [0.4, 0.5) is 13.2 Å². The van der Waals surface area contributed by atoms with Crippen LogP contribution in [0.2, 0.25) is 0 Å². The summed E-state index contributed by atoms with van der Waals surface area (Å²) in [6.07, 6.45) is -3.55. The molecule has 9 heteroatoms. The Bertz CT molecular complexity index is 749. The highest BCUT2D eigenvalue weighted by atomic mass is 19.4. The summed E-state index contributed by atoms with van der Waals surface area (Å²) in [5.41, 5.74) is 0.222. The molecule has 1 saturated heterocycles. The molecule has 24 heavy (non-hydrogen) atoms. The van der Waals surface area contributed by atoms with E-state index in [0.717, 1.165) is 4.68 Å². The summed E-state index contributed by atoms with van der Waals surface area (Å²) in [6, 6.07) is 0.745. The average molecular weight is 342 g/mol. The van der Waals surface area contributed by atoms with Gasteiger partial charge in [-0.05, 0) is 24.8 Å². The van der Waals surface area contributed by atoms with Gasteiger partial charge in [-0.25, -0.2) is 4.68 Å². The molecule has 2 heterocycles. The van der Waals surface area contributed by atoms with Crippen molar-refractivity contribution in [1.82, 2.24) is 14.7 Å². The van der Waals surface area contributed by atoms with Crippen LogP contribution in [0.25, 0.3) is 0 Å². The van der Waals surface area contributed by atoms with Crippen LogP contribution >= 0.6 is 0 Å². The maximum atomic E-state index is 12.5. The Balaban J connectivity index is 2.45. The Kier molecular flexibility index (Phi) is 4.96. The zero-order valence-electron chi connectivity index (χ0n) is 13.4. The predicted octanol–water partition coefficient (Wildman–Crippen LogP) is 1.58. The second kappa shape index (κ2) is 6.63. The minimum atomic E-state index is -4.50. The molecule has 1 aromatic rings. The van der Waals surface area contributed by atoms with Crippen molar-refractivity contribution in [1.29, 1.82) is 5.26 Å². The third kappa shape index (κ3) is 3.27. The van der Waals surface area contributed by atoms with Crippen LogP contribution in [0.1, 0.15) is 43.1 Å². The Morgan fingerprint density at radius 3 is 2.46 bits per heavy atom. The first-order valence-corrected chi connectivity index (χ1v) is 7.63. The number of carbonyl (C=O) groups excluding carboxylic acids is 1. The van der Waals surface area contributed by atoms with Gasteiger partial charge in [0, 0.05) is 6.54 Å². The summed E-state index contributed by atoms with van der Waals surface area (Å²) in [4.78, 5) is 25.4. The van der Waals surface area contributed by atoms with Crippen LogP contribution in [0.15, 0.2) is 4.79 Å². The second-order valence-corrected chi connectivity index (χ2v) is 5.55. The van der Waals surface area contributed by atoms with Gasteiger partial charge in [-0.1, -0.05) is 13.8 Å². The molecule has 0 N–H and O–H groups in total. The maximum Gasteiger partial charge on any atom is 0.406 e. The van der Waals surface area contributed by atoms with Crippen LogP contribution in [0.3, 0.4) is 0 Å². The van der Waals surface area contributed by atoms with Gasteiger partial charge in [0.15, 0.2) is 0 Å². The molecule has 1 amide bonds. The quantitative estimate of drug-likeness (QED) is 0.832. The normalized spacial score (nSPS) is 18.1. The molecule has 0 unspecified atom stereocenters. The molecule has 6 nitrogen and oxygen atoms in total. The largest absolute Gasteiger partial charge is 0.406 e. The fourth-order valence-electron chi connectivity index (χ4n) is 2.94. The Morgan fingerprint density at radius 2 is 1.96 bits per heavy atom. The summed E-state index contributed by atoms with van der Waals surface area (Å²) in [5, 5.41) is 13.4. The topological polar surface area (TPSA) is 79.0 Å².